The molecule has 0 spiro atoms. The van der Waals surface area contributed by atoms with Crippen molar-refractivity contribution >= 4 is 22.6 Å². The highest BCUT2D eigenvalue weighted by Crippen LogP contribution is 2.29. The fourth-order valence-corrected chi connectivity index (χ4v) is 1.75. The summed E-state index contributed by atoms with van der Waals surface area (Å²) in [5.74, 6) is -1.04. The van der Waals surface area contributed by atoms with Crippen molar-refractivity contribution in [1.29, 1.82) is 0 Å². The number of hydrogen-bond donors (Lipinski definition) is 1. The molecule has 0 unspecified atom stereocenters. The highest BCUT2D eigenvalue weighted by Gasteiger charge is 2.16. The smallest absolute Gasteiger partial charge is 0.341 e. The molecule has 2 N–H and O–H groups in total. The zero-order valence-corrected chi connectivity index (χ0v) is 10.6. The number of nitrogens with zero attached hydrogens (tertiary/aromatic N) is 1. The van der Waals surface area contributed by atoms with Gasteiger partial charge in [0.2, 0.25) is 0 Å². The monoisotopic (exact) mass is 264 g/mol. The molecule has 0 saturated heterocycles. The summed E-state index contributed by atoms with van der Waals surface area (Å²) in [5.41, 5.74) is 6.58. The number of nitrogens with two attached hydrogens (primary N) is 1. The molecule has 1 heterocycles. The summed E-state index contributed by atoms with van der Waals surface area (Å²) in [5, 5.41) is 0.452. The highest BCUT2D eigenvalue weighted by molar-refractivity contribution is 6.04. The first kappa shape index (κ1) is 13.1. The molecule has 0 saturated carbocycles. The van der Waals surface area contributed by atoms with Crippen molar-refractivity contribution in [2.45, 2.75) is 6.92 Å². The number of benzene rings is 1. The number of aromatic nitrogens is 1. The number of carbonyl (C=O) groups excluding carboxylic acids is 1. The van der Waals surface area contributed by atoms with Gasteiger partial charge in [0.05, 0.1) is 24.9 Å². The number of fused-ring (bicyclic) bond motifs is 1. The van der Waals surface area contributed by atoms with Gasteiger partial charge in [0.25, 0.3) is 0 Å². The van der Waals surface area contributed by atoms with E-state index in [1.807, 2.05) is 0 Å². The quantitative estimate of drug-likeness (QED) is 0.860. The summed E-state index contributed by atoms with van der Waals surface area (Å²) >= 11 is 0. The summed E-state index contributed by atoms with van der Waals surface area (Å²) in [7, 11) is 1.25. The largest absolute Gasteiger partial charge is 0.491 e. The Morgan fingerprint density at radius 2 is 2.21 bits per heavy atom. The highest BCUT2D eigenvalue weighted by atomic mass is 19.1. The zero-order valence-electron chi connectivity index (χ0n) is 10.6. The number of rotatable bonds is 3. The van der Waals surface area contributed by atoms with Gasteiger partial charge in [-0.2, -0.15) is 0 Å². The lowest BCUT2D eigenvalue weighted by Gasteiger charge is -2.10. The molecule has 0 aliphatic carbocycles. The van der Waals surface area contributed by atoms with Crippen LogP contribution in [0.15, 0.2) is 18.3 Å². The first-order valence-electron chi connectivity index (χ1n) is 5.67. The van der Waals surface area contributed by atoms with Crippen LogP contribution in [0, 0.1) is 5.82 Å². The van der Waals surface area contributed by atoms with E-state index in [1.54, 1.807) is 6.92 Å². The third kappa shape index (κ3) is 2.29. The van der Waals surface area contributed by atoms with Crippen molar-refractivity contribution in [3.63, 3.8) is 0 Å². The summed E-state index contributed by atoms with van der Waals surface area (Å²) in [6.45, 7) is 2.07. The second kappa shape index (κ2) is 5.09. The Balaban J connectivity index is 2.66. The van der Waals surface area contributed by atoms with E-state index in [0.29, 0.717) is 17.5 Å². The number of carbonyl (C=O) groups is 1. The minimum absolute atomic E-state index is 0.0746. The number of esters is 1. The number of anilines is 1. The number of pyridine rings is 1. The van der Waals surface area contributed by atoms with Gasteiger partial charge in [-0.3, -0.25) is 4.98 Å². The van der Waals surface area contributed by atoms with Crippen molar-refractivity contribution < 1.29 is 18.7 Å². The summed E-state index contributed by atoms with van der Waals surface area (Å²) in [6, 6.07) is 2.65. The molecule has 6 heteroatoms. The molecule has 0 bridgehead atoms. The molecule has 100 valence electrons. The van der Waals surface area contributed by atoms with Crippen LogP contribution in [0.4, 0.5) is 10.1 Å². The molecule has 2 aromatic rings. The van der Waals surface area contributed by atoms with Gasteiger partial charge in [-0.1, -0.05) is 0 Å². The Bertz CT molecular complexity index is 643. The number of hydrogen-bond acceptors (Lipinski definition) is 5. The number of nitrogen functional groups attached to an aromatic ring is 1. The number of methoxy groups -OCH3 is 1. The van der Waals surface area contributed by atoms with Crippen LogP contribution in [-0.2, 0) is 4.74 Å². The molecule has 0 aliphatic heterocycles. The van der Waals surface area contributed by atoms with E-state index in [4.69, 9.17) is 10.5 Å². The second-order valence-electron chi connectivity index (χ2n) is 3.81. The van der Waals surface area contributed by atoms with Gasteiger partial charge in [0.1, 0.15) is 5.56 Å². The standard InChI is InChI=1S/C13H13FN2O3/c1-3-19-11-4-7-10(5-9(11)14)16-6-8(12(7)15)13(17)18-2/h4-6H,3H2,1-2H3,(H2,15,16). The molecule has 19 heavy (non-hydrogen) atoms. The van der Waals surface area contributed by atoms with E-state index in [1.165, 1.54) is 25.4 Å². The number of halogens is 1. The Morgan fingerprint density at radius 1 is 1.47 bits per heavy atom. The molecule has 0 fully saturated rings. The van der Waals surface area contributed by atoms with Gasteiger partial charge < -0.3 is 15.2 Å². The zero-order chi connectivity index (χ0) is 14.0. The normalized spacial score (nSPS) is 10.5. The van der Waals surface area contributed by atoms with Crippen LogP contribution in [0.2, 0.25) is 0 Å². The van der Waals surface area contributed by atoms with E-state index in [9.17, 15) is 9.18 Å². The van der Waals surface area contributed by atoms with Gasteiger partial charge in [-0.15, -0.1) is 0 Å². The summed E-state index contributed by atoms with van der Waals surface area (Å²) in [4.78, 5) is 15.5. The molecule has 0 radical (unpaired) electrons. The average molecular weight is 264 g/mol. The maximum absolute atomic E-state index is 13.7. The van der Waals surface area contributed by atoms with Crippen molar-refractivity contribution in [2.24, 2.45) is 0 Å². The van der Waals surface area contributed by atoms with Crippen molar-refractivity contribution in [1.82, 2.24) is 4.98 Å². The van der Waals surface area contributed by atoms with Gasteiger partial charge >= 0.3 is 5.97 Å². The van der Waals surface area contributed by atoms with Crippen LogP contribution in [0.1, 0.15) is 17.3 Å². The van der Waals surface area contributed by atoms with Crippen LogP contribution in [-0.4, -0.2) is 24.7 Å². The molecule has 5 nitrogen and oxygen atoms in total. The lowest BCUT2D eigenvalue weighted by atomic mass is 10.1. The Labute approximate surface area is 109 Å². The lowest BCUT2D eigenvalue weighted by molar-refractivity contribution is 0.0601. The van der Waals surface area contributed by atoms with Crippen LogP contribution < -0.4 is 10.5 Å². The Morgan fingerprint density at radius 3 is 2.84 bits per heavy atom. The van der Waals surface area contributed by atoms with Gasteiger partial charge in [0.15, 0.2) is 11.6 Å². The molecular formula is C13H13FN2O3. The summed E-state index contributed by atoms with van der Waals surface area (Å²) < 4.78 is 23.4. The van der Waals surface area contributed by atoms with Gasteiger partial charge in [-0.25, -0.2) is 9.18 Å². The predicted octanol–water partition coefficient (Wildman–Crippen LogP) is 2.14. The Kier molecular flexibility index (Phi) is 3.50. The lowest BCUT2D eigenvalue weighted by Crippen LogP contribution is -2.07. The number of ether oxygens (including phenoxy) is 2. The predicted molar refractivity (Wildman–Crippen MR) is 68.6 cm³/mol. The summed E-state index contributed by atoms with van der Waals surface area (Å²) in [6.07, 6.45) is 1.27. The van der Waals surface area contributed by atoms with Crippen molar-refractivity contribution in [3.8, 4) is 5.75 Å². The van der Waals surface area contributed by atoms with Crippen molar-refractivity contribution in [3.05, 3.63) is 29.7 Å². The van der Waals surface area contributed by atoms with E-state index in [2.05, 4.69) is 9.72 Å². The van der Waals surface area contributed by atoms with Gasteiger partial charge in [-0.05, 0) is 13.0 Å². The van der Waals surface area contributed by atoms with Crippen LogP contribution in [0.5, 0.6) is 5.75 Å². The molecular weight excluding hydrogens is 251 g/mol. The topological polar surface area (TPSA) is 74.4 Å². The van der Waals surface area contributed by atoms with Crippen LogP contribution in [0.3, 0.4) is 0 Å². The molecule has 0 atom stereocenters. The van der Waals surface area contributed by atoms with E-state index >= 15 is 0 Å². The molecule has 1 aromatic carbocycles. The molecule has 1 aromatic heterocycles. The van der Waals surface area contributed by atoms with E-state index in [-0.39, 0.29) is 17.0 Å². The van der Waals surface area contributed by atoms with Crippen molar-refractivity contribution in [2.75, 3.05) is 19.5 Å². The SMILES string of the molecule is CCOc1cc2c(N)c(C(=O)OC)cnc2cc1F. The van der Waals surface area contributed by atoms with E-state index < -0.39 is 11.8 Å². The minimum Gasteiger partial charge on any atom is -0.491 e. The third-order valence-corrected chi connectivity index (χ3v) is 2.67. The van der Waals surface area contributed by atoms with Crippen LogP contribution in [0.25, 0.3) is 10.9 Å². The maximum atomic E-state index is 13.7. The van der Waals surface area contributed by atoms with E-state index in [0.717, 1.165) is 0 Å². The average Bonchev–Trinajstić information content (AvgIpc) is 2.40. The Hall–Kier alpha value is -2.37. The fraction of sp³-hybridized carbons (Fsp3) is 0.231. The molecule has 2 rings (SSSR count). The second-order valence-corrected chi connectivity index (χ2v) is 3.81. The first-order chi connectivity index (χ1) is 9.08. The fourth-order valence-electron chi connectivity index (χ4n) is 1.75. The third-order valence-electron chi connectivity index (χ3n) is 2.67. The minimum atomic E-state index is -0.589. The first-order valence-corrected chi connectivity index (χ1v) is 5.67. The van der Waals surface area contributed by atoms with Gasteiger partial charge in [0, 0.05) is 17.6 Å². The molecule has 0 aliphatic rings. The molecule has 0 amide bonds. The van der Waals surface area contributed by atoms with Crippen LogP contribution >= 0.6 is 0 Å². The maximum Gasteiger partial charge on any atom is 0.341 e.